The van der Waals surface area contributed by atoms with Gasteiger partial charge in [0.15, 0.2) is 6.10 Å². The van der Waals surface area contributed by atoms with Gasteiger partial charge in [0.2, 0.25) is 0 Å². The average molecular weight is 794 g/mol. The third-order valence-electron chi connectivity index (χ3n) is 10.9. The molecule has 0 aromatic carbocycles. The van der Waals surface area contributed by atoms with Crippen LogP contribution < -0.4 is 5.11 Å². The van der Waals surface area contributed by atoms with E-state index >= 15 is 0 Å². The van der Waals surface area contributed by atoms with Gasteiger partial charge >= 0.3 is 11.9 Å². The number of nitrogens with zero attached hydrogens (tertiary/aromatic N) is 1. The number of carbonyl (C=O) groups excluding carboxylic acids is 3. The van der Waals surface area contributed by atoms with Crippen LogP contribution in [-0.2, 0) is 28.6 Å². The zero-order valence-electron chi connectivity index (χ0n) is 37.6. The van der Waals surface area contributed by atoms with Gasteiger partial charge in [0.25, 0.3) is 0 Å². The molecule has 56 heavy (non-hydrogen) atoms. The Labute approximate surface area is 346 Å². The van der Waals surface area contributed by atoms with Gasteiger partial charge in [-0.15, -0.1) is 0 Å². The molecule has 0 aliphatic heterocycles. The van der Waals surface area contributed by atoms with E-state index in [2.05, 4.69) is 26.0 Å². The minimum atomic E-state index is -1.12. The van der Waals surface area contributed by atoms with E-state index in [1.54, 1.807) is 21.1 Å². The molecule has 8 heteroatoms. The molecule has 0 bridgehead atoms. The lowest BCUT2D eigenvalue weighted by Crippen LogP contribution is -2.55. The molecule has 0 radical (unpaired) electrons. The molecule has 0 N–H and O–H groups in total. The summed E-state index contributed by atoms with van der Waals surface area (Å²) in [6, 6.07) is -0.722. The number of quaternary nitrogens is 1. The van der Waals surface area contributed by atoms with E-state index in [0.29, 0.717) is 12.8 Å². The fourth-order valence-corrected chi connectivity index (χ4v) is 7.17. The third kappa shape index (κ3) is 37.6. The Balaban J connectivity index is 4.16. The van der Waals surface area contributed by atoms with Crippen LogP contribution in [-0.4, -0.2) is 75.5 Å². The first-order valence-corrected chi connectivity index (χ1v) is 23.7. The van der Waals surface area contributed by atoms with Gasteiger partial charge in [-0.25, -0.2) is 0 Å². The predicted molar refractivity (Wildman–Crippen MR) is 231 cm³/mol. The van der Waals surface area contributed by atoms with Gasteiger partial charge in [-0.1, -0.05) is 187 Å². The number of ether oxygens (including phenoxy) is 3. The minimum absolute atomic E-state index is 0.0427. The fourth-order valence-electron chi connectivity index (χ4n) is 7.17. The monoisotopic (exact) mass is 794 g/mol. The van der Waals surface area contributed by atoms with Crippen LogP contribution in [0, 0.1) is 0 Å². The minimum Gasteiger partial charge on any atom is -0.544 e. The molecule has 0 spiro atoms. The molecule has 330 valence electrons. The second-order valence-corrected chi connectivity index (χ2v) is 17.4. The van der Waals surface area contributed by atoms with E-state index in [1.165, 1.54) is 141 Å². The lowest BCUT2D eigenvalue weighted by Gasteiger charge is -2.34. The molecule has 0 rings (SSSR count). The Kier molecular flexibility index (Phi) is 38.5. The van der Waals surface area contributed by atoms with Crippen molar-refractivity contribution in [2.75, 3.05) is 41.0 Å². The molecule has 2 atom stereocenters. The van der Waals surface area contributed by atoms with Crippen LogP contribution in [0.5, 0.6) is 0 Å². The van der Waals surface area contributed by atoms with E-state index < -0.39 is 18.1 Å². The van der Waals surface area contributed by atoms with Crippen molar-refractivity contribution < 1.29 is 38.2 Å². The van der Waals surface area contributed by atoms with Crippen molar-refractivity contribution in [2.24, 2.45) is 0 Å². The predicted octanol–water partition coefficient (Wildman–Crippen LogP) is 11.8. The molecular formula is C48H91NO7. The highest BCUT2D eigenvalue weighted by atomic mass is 16.6. The molecule has 0 aliphatic carbocycles. The van der Waals surface area contributed by atoms with Crippen LogP contribution in [0.3, 0.4) is 0 Å². The molecule has 0 heterocycles. The summed E-state index contributed by atoms with van der Waals surface area (Å²) in [5.74, 6) is -1.73. The van der Waals surface area contributed by atoms with E-state index in [0.717, 1.165) is 51.4 Å². The van der Waals surface area contributed by atoms with E-state index in [1.807, 2.05) is 0 Å². The van der Waals surface area contributed by atoms with Crippen LogP contribution >= 0.6 is 0 Å². The lowest BCUT2D eigenvalue weighted by molar-refractivity contribution is -0.889. The van der Waals surface area contributed by atoms with Crippen LogP contribution in [0.15, 0.2) is 12.2 Å². The number of carbonyl (C=O) groups is 3. The fraction of sp³-hybridized carbons (Fsp3) is 0.896. The number of carboxylic acids is 1. The molecule has 0 saturated heterocycles. The zero-order chi connectivity index (χ0) is 41.4. The van der Waals surface area contributed by atoms with Crippen LogP contribution in [0.2, 0.25) is 0 Å². The molecule has 0 aromatic heterocycles. The van der Waals surface area contributed by atoms with Crippen molar-refractivity contribution in [3.8, 4) is 0 Å². The number of hydrogen-bond acceptors (Lipinski definition) is 7. The molecule has 8 nitrogen and oxygen atoms in total. The van der Waals surface area contributed by atoms with Gasteiger partial charge in [0.1, 0.15) is 12.6 Å². The number of hydrogen-bond donors (Lipinski definition) is 0. The van der Waals surface area contributed by atoms with Gasteiger partial charge in [0.05, 0.1) is 40.3 Å². The summed E-state index contributed by atoms with van der Waals surface area (Å²) in [6.45, 7) is 4.65. The molecule has 0 aromatic rings. The summed E-state index contributed by atoms with van der Waals surface area (Å²) < 4.78 is 17.2. The Morgan fingerprint density at radius 2 is 0.911 bits per heavy atom. The number of esters is 2. The average Bonchev–Trinajstić information content (AvgIpc) is 3.15. The molecule has 2 unspecified atom stereocenters. The molecule has 0 aliphatic rings. The second kappa shape index (κ2) is 39.9. The Hall–Kier alpha value is -1.93. The smallest absolute Gasteiger partial charge is 0.306 e. The lowest BCUT2D eigenvalue weighted by atomic mass is 10.0. The highest BCUT2D eigenvalue weighted by Gasteiger charge is 2.25. The molecular weight excluding hydrogens is 703 g/mol. The Morgan fingerprint density at radius 3 is 1.34 bits per heavy atom. The van der Waals surface area contributed by atoms with Crippen LogP contribution in [0.25, 0.3) is 0 Å². The highest BCUT2D eigenvalue weighted by Crippen LogP contribution is 2.16. The maximum Gasteiger partial charge on any atom is 0.306 e. The van der Waals surface area contributed by atoms with Crippen molar-refractivity contribution in [3.63, 3.8) is 0 Å². The summed E-state index contributed by atoms with van der Waals surface area (Å²) in [4.78, 5) is 36.8. The largest absolute Gasteiger partial charge is 0.544 e. The van der Waals surface area contributed by atoms with E-state index in [-0.39, 0.29) is 42.7 Å². The zero-order valence-corrected chi connectivity index (χ0v) is 37.6. The van der Waals surface area contributed by atoms with E-state index in [9.17, 15) is 19.5 Å². The Morgan fingerprint density at radius 1 is 0.518 bits per heavy atom. The Bertz CT molecular complexity index is 931. The first-order chi connectivity index (χ1) is 27.1. The first-order valence-electron chi connectivity index (χ1n) is 23.7. The SMILES string of the molecule is CCCC/C=C\CCCCCCCC(=O)OC(COCCC(C(=O)[O-])[N+](C)(C)C)COC(=O)CCCCCCCCCCCCCCCCCCCCCCC. The number of allylic oxidation sites excluding steroid dienone is 2. The summed E-state index contributed by atoms with van der Waals surface area (Å²) in [6.07, 6.45) is 42.4. The van der Waals surface area contributed by atoms with Crippen LogP contribution in [0.1, 0.15) is 226 Å². The van der Waals surface area contributed by atoms with E-state index in [4.69, 9.17) is 14.2 Å². The first kappa shape index (κ1) is 54.1. The van der Waals surface area contributed by atoms with Crippen molar-refractivity contribution in [3.05, 3.63) is 12.2 Å². The molecule has 0 saturated carbocycles. The van der Waals surface area contributed by atoms with Crippen LogP contribution in [0.4, 0.5) is 0 Å². The van der Waals surface area contributed by atoms with Crippen molar-refractivity contribution in [1.29, 1.82) is 0 Å². The normalized spacial score (nSPS) is 12.9. The topological polar surface area (TPSA) is 102 Å². The molecule has 0 amide bonds. The summed E-state index contributed by atoms with van der Waals surface area (Å²) >= 11 is 0. The van der Waals surface area contributed by atoms with Crippen molar-refractivity contribution in [1.82, 2.24) is 0 Å². The summed E-state index contributed by atoms with van der Waals surface area (Å²) in [5, 5.41) is 11.6. The molecule has 0 fully saturated rings. The van der Waals surface area contributed by atoms with Crippen molar-refractivity contribution >= 4 is 17.9 Å². The van der Waals surface area contributed by atoms with Gasteiger partial charge in [0, 0.05) is 19.3 Å². The quantitative estimate of drug-likeness (QED) is 0.0262. The third-order valence-corrected chi connectivity index (χ3v) is 10.9. The number of aliphatic carboxylic acids is 1. The van der Waals surface area contributed by atoms with Gasteiger partial charge in [-0.2, -0.15) is 0 Å². The number of likely N-dealkylation sites (N-methyl/N-ethyl adjacent to an activating group) is 1. The maximum atomic E-state index is 12.7. The van der Waals surface area contributed by atoms with Gasteiger partial charge < -0.3 is 28.6 Å². The number of carboxylic acid groups (broad SMARTS) is 1. The standard InChI is InChI=1S/C48H91NO7/c1-6-8-10-12-14-16-18-19-20-21-22-23-24-25-26-27-29-30-32-34-36-38-46(50)55-43-44(42-54-41-40-45(48(52)53)49(3,4)5)56-47(51)39-37-35-33-31-28-17-15-13-11-9-7-2/h13,15,44-45H,6-12,14,16-43H2,1-5H3/b15-13-. The summed E-state index contributed by atoms with van der Waals surface area (Å²) in [7, 11) is 5.41. The number of rotatable bonds is 43. The summed E-state index contributed by atoms with van der Waals surface area (Å²) in [5.41, 5.74) is 0. The van der Waals surface area contributed by atoms with Crippen molar-refractivity contribution in [2.45, 2.75) is 238 Å². The second-order valence-electron chi connectivity index (χ2n) is 17.4. The highest BCUT2D eigenvalue weighted by molar-refractivity contribution is 5.70. The van der Waals surface area contributed by atoms with Gasteiger partial charge in [-0.05, 0) is 32.1 Å². The maximum absolute atomic E-state index is 12.7. The van der Waals surface area contributed by atoms with Gasteiger partial charge in [-0.3, -0.25) is 9.59 Å². The number of unbranched alkanes of at least 4 members (excludes halogenated alkanes) is 27.